The van der Waals surface area contributed by atoms with Crippen LogP contribution in [0.25, 0.3) is 0 Å². The molecule has 1 amide bonds. The van der Waals surface area contributed by atoms with Crippen LogP contribution in [-0.2, 0) is 9.05 Å². The fourth-order valence-corrected chi connectivity index (χ4v) is 2.90. The zero-order valence-corrected chi connectivity index (χ0v) is 12.8. The molecule has 1 aliphatic carbocycles. The molecule has 0 aromatic heterocycles. The number of amides is 1. The largest absolute Gasteiger partial charge is 0.339 e. The Morgan fingerprint density at radius 2 is 1.95 bits per heavy atom. The Kier molecular flexibility index (Phi) is 3.82. The smallest absolute Gasteiger partial charge is 0.261 e. The topological polar surface area (TPSA) is 54.5 Å². The Hall–Kier alpha value is -0.780. The molecule has 0 atom stereocenters. The summed E-state index contributed by atoms with van der Waals surface area (Å²) >= 11 is 5.98. The molecule has 0 unspecified atom stereocenters. The second-order valence-electron chi connectivity index (χ2n) is 4.66. The number of benzene rings is 1. The molecular formula is C12H13Cl2NO3S. The Labute approximate surface area is 121 Å². The quantitative estimate of drug-likeness (QED) is 0.804. The first-order chi connectivity index (χ1) is 8.71. The van der Waals surface area contributed by atoms with Gasteiger partial charge in [0.25, 0.3) is 15.0 Å². The monoisotopic (exact) mass is 321 g/mol. The van der Waals surface area contributed by atoms with Crippen LogP contribution < -0.4 is 0 Å². The van der Waals surface area contributed by atoms with E-state index in [1.807, 2.05) is 0 Å². The van der Waals surface area contributed by atoms with Gasteiger partial charge in [0.2, 0.25) is 0 Å². The minimum atomic E-state index is -3.91. The van der Waals surface area contributed by atoms with Gasteiger partial charge in [-0.2, -0.15) is 0 Å². The lowest BCUT2D eigenvalue weighted by Crippen LogP contribution is -2.29. The highest BCUT2D eigenvalue weighted by molar-refractivity contribution is 8.13. The number of carbonyl (C=O) groups is 1. The highest BCUT2D eigenvalue weighted by Gasteiger charge is 2.31. The van der Waals surface area contributed by atoms with Crippen LogP contribution in [0.5, 0.6) is 0 Å². The fourth-order valence-electron chi connectivity index (χ4n) is 1.83. The highest BCUT2D eigenvalue weighted by Crippen LogP contribution is 2.30. The van der Waals surface area contributed by atoms with Gasteiger partial charge >= 0.3 is 0 Å². The summed E-state index contributed by atoms with van der Waals surface area (Å²) < 4.78 is 22.7. The molecule has 0 bridgehead atoms. The van der Waals surface area contributed by atoms with Gasteiger partial charge in [0.1, 0.15) is 0 Å². The van der Waals surface area contributed by atoms with Gasteiger partial charge in [0.15, 0.2) is 0 Å². The van der Waals surface area contributed by atoms with Crippen molar-refractivity contribution < 1.29 is 13.2 Å². The summed E-state index contributed by atoms with van der Waals surface area (Å²) in [5, 5.41) is 0.217. The maximum Gasteiger partial charge on any atom is 0.261 e. The van der Waals surface area contributed by atoms with E-state index in [0.717, 1.165) is 12.8 Å². The Morgan fingerprint density at radius 1 is 1.37 bits per heavy atom. The van der Waals surface area contributed by atoms with Crippen molar-refractivity contribution in [1.82, 2.24) is 4.90 Å². The van der Waals surface area contributed by atoms with E-state index < -0.39 is 9.05 Å². The van der Waals surface area contributed by atoms with Crippen LogP contribution >= 0.6 is 22.3 Å². The summed E-state index contributed by atoms with van der Waals surface area (Å²) in [6.45, 7) is 1.68. The lowest BCUT2D eigenvalue weighted by atomic mass is 10.1. The standard InChI is InChI=1S/C12H13Cl2NO3S/c1-7-10(12(16)15(2)8-3-4-8)5-9(6-11(7)13)19(14,17)18/h5-6,8H,3-4H2,1-2H3. The van der Waals surface area contributed by atoms with Crippen LogP contribution in [0, 0.1) is 6.92 Å². The van der Waals surface area contributed by atoms with Gasteiger partial charge in [0.05, 0.1) is 4.90 Å². The van der Waals surface area contributed by atoms with Gasteiger partial charge in [-0.05, 0) is 37.5 Å². The molecule has 0 aliphatic heterocycles. The van der Waals surface area contributed by atoms with Crippen molar-refractivity contribution in [1.29, 1.82) is 0 Å². The Morgan fingerprint density at radius 3 is 2.42 bits per heavy atom. The number of hydrogen-bond donors (Lipinski definition) is 0. The van der Waals surface area contributed by atoms with E-state index in [9.17, 15) is 13.2 Å². The molecule has 7 heteroatoms. The minimum absolute atomic E-state index is 0.155. The van der Waals surface area contributed by atoms with Gasteiger partial charge in [0, 0.05) is 34.4 Å². The third-order valence-corrected chi connectivity index (χ3v) is 4.97. The molecular weight excluding hydrogens is 309 g/mol. The normalized spacial score (nSPS) is 15.4. The molecule has 2 rings (SSSR count). The molecule has 0 N–H and O–H groups in total. The summed E-state index contributed by atoms with van der Waals surface area (Å²) in [7, 11) is 3.09. The second-order valence-corrected chi connectivity index (χ2v) is 7.64. The molecule has 1 aromatic carbocycles. The van der Waals surface area contributed by atoms with Crippen molar-refractivity contribution in [3.05, 3.63) is 28.3 Å². The number of carbonyl (C=O) groups excluding carboxylic acids is 1. The molecule has 19 heavy (non-hydrogen) atoms. The first-order valence-corrected chi connectivity index (χ1v) is 8.42. The number of nitrogens with zero attached hydrogens (tertiary/aromatic N) is 1. The first-order valence-electron chi connectivity index (χ1n) is 5.74. The average molecular weight is 322 g/mol. The van der Waals surface area contributed by atoms with E-state index in [2.05, 4.69) is 0 Å². The molecule has 1 saturated carbocycles. The summed E-state index contributed by atoms with van der Waals surface area (Å²) in [4.78, 5) is 13.8. The van der Waals surface area contributed by atoms with Gasteiger partial charge in [-0.25, -0.2) is 8.42 Å². The maximum atomic E-state index is 12.3. The molecule has 0 spiro atoms. The maximum absolute atomic E-state index is 12.3. The molecule has 1 aromatic rings. The van der Waals surface area contributed by atoms with Crippen molar-refractivity contribution in [3.63, 3.8) is 0 Å². The molecule has 0 radical (unpaired) electrons. The zero-order chi connectivity index (χ0) is 14.4. The summed E-state index contributed by atoms with van der Waals surface area (Å²) in [5.74, 6) is -0.232. The van der Waals surface area contributed by atoms with Crippen LogP contribution in [0.1, 0.15) is 28.8 Å². The molecule has 0 saturated heterocycles. The van der Waals surface area contributed by atoms with Crippen LogP contribution in [0.15, 0.2) is 17.0 Å². The second kappa shape index (κ2) is 4.96. The first kappa shape index (κ1) is 14.6. The summed E-state index contributed by atoms with van der Waals surface area (Å²) in [5.41, 5.74) is 0.837. The van der Waals surface area contributed by atoms with Crippen molar-refractivity contribution >= 4 is 37.2 Å². The van der Waals surface area contributed by atoms with Crippen molar-refractivity contribution in [2.24, 2.45) is 0 Å². The van der Waals surface area contributed by atoms with E-state index in [-0.39, 0.29) is 27.4 Å². The predicted octanol–water partition coefficient (Wildman–Crippen LogP) is 2.81. The Bertz CT molecular complexity index is 639. The molecule has 4 nitrogen and oxygen atoms in total. The summed E-state index contributed by atoms with van der Waals surface area (Å²) in [6.07, 6.45) is 1.95. The van der Waals surface area contributed by atoms with Crippen molar-refractivity contribution in [3.8, 4) is 0 Å². The Balaban J connectivity index is 2.49. The molecule has 1 aliphatic rings. The highest BCUT2D eigenvalue weighted by atomic mass is 35.7. The van der Waals surface area contributed by atoms with Crippen molar-refractivity contribution in [2.45, 2.75) is 30.7 Å². The zero-order valence-electron chi connectivity index (χ0n) is 10.5. The predicted molar refractivity (Wildman–Crippen MR) is 74.3 cm³/mol. The van der Waals surface area contributed by atoms with E-state index in [1.54, 1.807) is 18.9 Å². The number of hydrogen-bond acceptors (Lipinski definition) is 3. The lowest BCUT2D eigenvalue weighted by molar-refractivity contribution is 0.0784. The van der Waals surface area contributed by atoms with E-state index in [4.69, 9.17) is 22.3 Å². The van der Waals surface area contributed by atoms with E-state index >= 15 is 0 Å². The van der Waals surface area contributed by atoms with E-state index in [1.165, 1.54) is 12.1 Å². The fraction of sp³-hybridized carbons (Fsp3) is 0.417. The van der Waals surface area contributed by atoms with Gasteiger partial charge in [-0.1, -0.05) is 11.6 Å². The molecule has 0 heterocycles. The van der Waals surface area contributed by atoms with Gasteiger partial charge in [-0.3, -0.25) is 4.79 Å². The van der Waals surface area contributed by atoms with E-state index in [0.29, 0.717) is 5.56 Å². The molecule has 1 fully saturated rings. The van der Waals surface area contributed by atoms with Crippen LogP contribution in [0.2, 0.25) is 5.02 Å². The lowest BCUT2D eigenvalue weighted by Gasteiger charge is -2.18. The number of halogens is 2. The van der Waals surface area contributed by atoms with Crippen LogP contribution in [0.4, 0.5) is 0 Å². The van der Waals surface area contributed by atoms with Gasteiger partial charge < -0.3 is 4.90 Å². The van der Waals surface area contributed by atoms with Crippen molar-refractivity contribution in [2.75, 3.05) is 7.05 Å². The summed E-state index contributed by atoms with van der Waals surface area (Å²) in [6, 6.07) is 2.78. The molecule has 104 valence electrons. The third-order valence-electron chi connectivity index (χ3n) is 3.24. The van der Waals surface area contributed by atoms with Crippen LogP contribution in [-0.4, -0.2) is 32.3 Å². The average Bonchev–Trinajstić information content (AvgIpc) is 3.13. The minimum Gasteiger partial charge on any atom is -0.339 e. The van der Waals surface area contributed by atoms with Crippen LogP contribution in [0.3, 0.4) is 0 Å². The third kappa shape index (κ3) is 3.04. The number of rotatable bonds is 3. The SMILES string of the molecule is Cc1c(Cl)cc(S(=O)(=O)Cl)cc1C(=O)N(C)C1CC1. The van der Waals surface area contributed by atoms with Gasteiger partial charge in [-0.15, -0.1) is 0 Å².